The van der Waals surface area contributed by atoms with Gasteiger partial charge in [-0.3, -0.25) is 19.1 Å². The first-order chi connectivity index (χ1) is 17.3. The monoisotopic (exact) mass is 535 g/mol. The number of hydrogen-bond donors (Lipinski definition) is 3. The lowest BCUT2D eigenvalue weighted by Gasteiger charge is -2.30. The SMILES string of the molecule is CC(C)(C)C(NC(=O)c1nn(CC2CCS(=O)(=O)CC2)c2c(F)cccc12)C(=O)NC[C@@H]1CCC(=O)N1. The van der Waals surface area contributed by atoms with Crippen molar-refractivity contribution in [2.24, 2.45) is 11.3 Å². The minimum atomic E-state index is -3.04. The molecule has 37 heavy (non-hydrogen) atoms. The van der Waals surface area contributed by atoms with E-state index in [9.17, 15) is 27.2 Å². The van der Waals surface area contributed by atoms with Gasteiger partial charge in [0.25, 0.3) is 5.91 Å². The van der Waals surface area contributed by atoms with Gasteiger partial charge in [-0.25, -0.2) is 12.8 Å². The van der Waals surface area contributed by atoms with Crippen molar-refractivity contribution in [1.82, 2.24) is 25.7 Å². The predicted octanol–water partition coefficient (Wildman–Crippen LogP) is 1.54. The summed E-state index contributed by atoms with van der Waals surface area (Å²) in [5.74, 6) is -1.42. The maximum Gasteiger partial charge on any atom is 0.273 e. The Balaban J connectivity index is 1.54. The fourth-order valence-electron chi connectivity index (χ4n) is 4.89. The molecule has 0 spiro atoms. The number of amides is 3. The summed E-state index contributed by atoms with van der Waals surface area (Å²) in [7, 11) is -3.04. The quantitative estimate of drug-likeness (QED) is 0.492. The molecule has 202 valence electrons. The Morgan fingerprint density at radius 2 is 1.92 bits per heavy atom. The smallest absolute Gasteiger partial charge is 0.273 e. The van der Waals surface area contributed by atoms with Crippen molar-refractivity contribution in [1.29, 1.82) is 0 Å². The van der Waals surface area contributed by atoms with E-state index < -0.39 is 33.0 Å². The summed E-state index contributed by atoms with van der Waals surface area (Å²) in [5, 5.41) is 13.1. The van der Waals surface area contributed by atoms with Gasteiger partial charge in [-0.15, -0.1) is 0 Å². The molecule has 2 fully saturated rings. The summed E-state index contributed by atoms with van der Waals surface area (Å²) < 4.78 is 39.9. The van der Waals surface area contributed by atoms with E-state index in [2.05, 4.69) is 21.0 Å². The second kappa shape index (κ2) is 10.4. The lowest BCUT2D eigenvalue weighted by molar-refractivity contribution is -0.125. The van der Waals surface area contributed by atoms with Gasteiger partial charge in [0.2, 0.25) is 11.8 Å². The second-order valence-electron chi connectivity index (χ2n) is 11.1. The van der Waals surface area contributed by atoms with E-state index in [4.69, 9.17) is 0 Å². The number of carbonyl (C=O) groups is 3. The minimum Gasteiger partial charge on any atom is -0.352 e. The Kier molecular flexibility index (Phi) is 7.59. The third-order valence-corrected chi connectivity index (χ3v) is 8.77. The van der Waals surface area contributed by atoms with Crippen molar-refractivity contribution < 1.29 is 27.2 Å². The predicted molar refractivity (Wildman–Crippen MR) is 136 cm³/mol. The van der Waals surface area contributed by atoms with Crippen LogP contribution in [0.4, 0.5) is 4.39 Å². The molecule has 0 bridgehead atoms. The molecule has 3 heterocycles. The molecule has 2 atom stereocenters. The van der Waals surface area contributed by atoms with Crippen LogP contribution in [0, 0.1) is 17.2 Å². The van der Waals surface area contributed by atoms with Gasteiger partial charge >= 0.3 is 0 Å². The average molecular weight is 536 g/mol. The molecule has 0 saturated carbocycles. The Bertz CT molecular complexity index is 1300. The molecule has 0 aliphatic carbocycles. The Hall–Kier alpha value is -3.02. The van der Waals surface area contributed by atoms with E-state index in [1.165, 1.54) is 16.8 Å². The highest BCUT2D eigenvalue weighted by Crippen LogP contribution is 2.27. The third kappa shape index (κ3) is 6.28. The number of aromatic nitrogens is 2. The van der Waals surface area contributed by atoms with Gasteiger partial charge in [-0.05, 0) is 36.7 Å². The van der Waals surface area contributed by atoms with Crippen LogP contribution in [0.1, 0.15) is 56.9 Å². The topological polar surface area (TPSA) is 139 Å². The highest BCUT2D eigenvalue weighted by Gasteiger charge is 2.35. The first-order valence-corrected chi connectivity index (χ1v) is 14.4. The maximum atomic E-state index is 14.9. The maximum absolute atomic E-state index is 14.9. The molecule has 10 nitrogen and oxygen atoms in total. The molecule has 3 amide bonds. The molecular formula is C25H34FN5O5S. The van der Waals surface area contributed by atoms with Gasteiger partial charge in [0, 0.05) is 30.9 Å². The highest BCUT2D eigenvalue weighted by molar-refractivity contribution is 7.91. The van der Waals surface area contributed by atoms with Crippen molar-refractivity contribution in [3.8, 4) is 0 Å². The van der Waals surface area contributed by atoms with Gasteiger partial charge in [0.1, 0.15) is 27.2 Å². The normalized spacial score (nSPS) is 21.0. The highest BCUT2D eigenvalue weighted by atomic mass is 32.2. The van der Waals surface area contributed by atoms with Crippen LogP contribution >= 0.6 is 0 Å². The fourth-order valence-corrected chi connectivity index (χ4v) is 6.48. The molecule has 1 aromatic carbocycles. The second-order valence-corrected chi connectivity index (χ2v) is 13.4. The molecule has 2 aliphatic rings. The van der Waals surface area contributed by atoms with Crippen LogP contribution in [0.15, 0.2) is 18.2 Å². The molecule has 2 aliphatic heterocycles. The van der Waals surface area contributed by atoms with E-state index >= 15 is 0 Å². The standard InChI is InChI=1S/C25H34FN5O5S/c1-25(2,3)22(24(34)27-13-16-7-8-19(32)28-16)29-23(33)20-17-5-4-6-18(26)21(17)31(30-20)14-15-9-11-37(35,36)12-10-15/h4-6,15-16,22H,7-14H2,1-3H3,(H,27,34)(H,28,32)(H,29,33)/t16-,22?/m0/s1. The van der Waals surface area contributed by atoms with Crippen molar-refractivity contribution in [2.75, 3.05) is 18.1 Å². The summed E-state index contributed by atoms with van der Waals surface area (Å²) in [6.07, 6.45) is 1.96. The zero-order chi connectivity index (χ0) is 27.0. The van der Waals surface area contributed by atoms with Gasteiger partial charge in [0.15, 0.2) is 5.69 Å². The van der Waals surface area contributed by atoms with Gasteiger partial charge in [0.05, 0.1) is 11.5 Å². The summed E-state index contributed by atoms with van der Waals surface area (Å²) in [6, 6.07) is 3.34. The summed E-state index contributed by atoms with van der Waals surface area (Å²) >= 11 is 0. The number of rotatable bonds is 7. The third-order valence-electron chi connectivity index (χ3n) is 7.05. The van der Waals surface area contributed by atoms with E-state index in [-0.39, 0.29) is 59.6 Å². The first-order valence-electron chi connectivity index (χ1n) is 12.6. The number of hydrogen-bond acceptors (Lipinski definition) is 6. The molecule has 0 radical (unpaired) electrons. The molecule has 1 aromatic heterocycles. The van der Waals surface area contributed by atoms with Crippen LogP contribution in [0.5, 0.6) is 0 Å². The van der Waals surface area contributed by atoms with Gasteiger partial charge in [-0.2, -0.15) is 5.10 Å². The van der Waals surface area contributed by atoms with Crippen molar-refractivity contribution in [2.45, 2.75) is 65.1 Å². The average Bonchev–Trinajstić information content (AvgIpc) is 3.40. The molecule has 2 aromatic rings. The Morgan fingerprint density at radius 1 is 1.22 bits per heavy atom. The Labute approximate surface area is 215 Å². The van der Waals surface area contributed by atoms with Gasteiger partial charge in [-0.1, -0.05) is 32.9 Å². The summed E-state index contributed by atoms with van der Waals surface area (Å²) in [4.78, 5) is 37.9. The lowest BCUT2D eigenvalue weighted by Crippen LogP contribution is -2.55. The molecule has 4 rings (SSSR count). The summed E-state index contributed by atoms with van der Waals surface area (Å²) in [6.45, 7) is 6.01. The van der Waals surface area contributed by atoms with E-state index in [0.29, 0.717) is 31.1 Å². The van der Waals surface area contributed by atoms with E-state index in [1.807, 2.05) is 20.8 Å². The van der Waals surface area contributed by atoms with Gasteiger partial charge < -0.3 is 16.0 Å². The van der Waals surface area contributed by atoms with Crippen LogP contribution in [0.2, 0.25) is 0 Å². The fraction of sp³-hybridized carbons (Fsp3) is 0.600. The zero-order valence-electron chi connectivity index (χ0n) is 21.3. The number of benzene rings is 1. The molecule has 1 unspecified atom stereocenters. The largest absolute Gasteiger partial charge is 0.352 e. The first kappa shape index (κ1) is 27.0. The van der Waals surface area contributed by atoms with E-state index in [1.54, 1.807) is 6.07 Å². The number of para-hydroxylation sites is 1. The zero-order valence-corrected chi connectivity index (χ0v) is 22.2. The Morgan fingerprint density at radius 3 is 2.54 bits per heavy atom. The number of carbonyl (C=O) groups excluding carboxylic acids is 3. The number of sulfone groups is 1. The number of halogens is 1. The van der Waals surface area contributed by atoms with Crippen molar-refractivity contribution in [3.63, 3.8) is 0 Å². The van der Waals surface area contributed by atoms with Crippen LogP contribution in [-0.2, 0) is 26.0 Å². The molecule has 3 N–H and O–H groups in total. The molecule has 2 saturated heterocycles. The van der Waals surface area contributed by atoms with Crippen molar-refractivity contribution in [3.05, 3.63) is 29.7 Å². The van der Waals surface area contributed by atoms with Crippen LogP contribution in [-0.4, -0.2) is 66.1 Å². The van der Waals surface area contributed by atoms with Crippen LogP contribution in [0.3, 0.4) is 0 Å². The molecular weight excluding hydrogens is 501 g/mol. The van der Waals surface area contributed by atoms with Crippen LogP contribution in [0.25, 0.3) is 10.9 Å². The molecule has 12 heteroatoms. The summed E-state index contributed by atoms with van der Waals surface area (Å²) in [5.41, 5.74) is -0.464. The van der Waals surface area contributed by atoms with Crippen molar-refractivity contribution >= 4 is 38.5 Å². The lowest BCUT2D eigenvalue weighted by atomic mass is 9.86. The minimum absolute atomic E-state index is 0.00281. The van der Waals surface area contributed by atoms with Crippen LogP contribution < -0.4 is 16.0 Å². The number of nitrogens with one attached hydrogen (secondary N) is 3. The number of fused-ring (bicyclic) bond motifs is 1. The number of nitrogens with zero attached hydrogens (tertiary/aromatic N) is 2. The van der Waals surface area contributed by atoms with E-state index in [0.717, 1.165) is 0 Å².